The van der Waals surface area contributed by atoms with Gasteiger partial charge in [0.25, 0.3) is 0 Å². The van der Waals surface area contributed by atoms with E-state index in [2.05, 4.69) is 22.6 Å². The first-order chi connectivity index (χ1) is 13.0. The second kappa shape index (κ2) is 9.03. The fourth-order valence-corrected chi connectivity index (χ4v) is 1.25. The predicted molar refractivity (Wildman–Crippen MR) is 69.1 cm³/mol. The summed E-state index contributed by atoms with van der Waals surface area (Å²) >= 11 is 0. The van der Waals surface area contributed by atoms with Crippen LogP contribution in [0, 0.1) is 0 Å². The lowest BCUT2D eigenvalue weighted by Crippen LogP contribution is -2.73. The Bertz CT molecular complexity index is 580. The maximum atomic E-state index is 13.1. The first-order valence-electron chi connectivity index (χ1n) is 6.67. The summed E-state index contributed by atoms with van der Waals surface area (Å²) in [6.07, 6.45) is -6.33. The lowest BCUT2D eigenvalue weighted by Gasteiger charge is -2.41. The van der Waals surface area contributed by atoms with E-state index in [-0.39, 0.29) is 6.26 Å². The summed E-state index contributed by atoms with van der Waals surface area (Å²) in [5, 5.41) is 0. The molecule has 0 fully saturated rings. The van der Waals surface area contributed by atoms with E-state index in [1.165, 1.54) is 6.26 Å². The fourth-order valence-electron chi connectivity index (χ4n) is 1.25. The van der Waals surface area contributed by atoms with Crippen LogP contribution < -0.4 is 0 Å². The molecule has 0 spiro atoms. The molecule has 0 saturated heterocycles. The molecule has 0 rings (SSSR count). The second-order valence-electron chi connectivity index (χ2n) is 4.95. The van der Waals surface area contributed by atoms with E-state index in [1.54, 1.807) is 7.11 Å². The van der Waals surface area contributed by atoms with E-state index in [9.17, 15) is 65.9 Å². The molecular weight excluding hydrogens is 473 g/mol. The number of halogens is 15. The molecule has 0 aliphatic carbocycles. The summed E-state index contributed by atoms with van der Waals surface area (Å²) in [4.78, 5) is 0. The van der Waals surface area contributed by atoms with E-state index in [4.69, 9.17) is 0 Å². The van der Waals surface area contributed by atoms with Crippen molar-refractivity contribution in [1.29, 1.82) is 0 Å². The van der Waals surface area contributed by atoms with Crippen LogP contribution in [0.3, 0.4) is 0 Å². The molecule has 0 saturated carbocycles. The van der Waals surface area contributed by atoms with Crippen molar-refractivity contribution in [3.8, 4) is 0 Å². The lowest BCUT2D eigenvalue weighted by atomic mass is 9.91. The van der Waals surface area contributed by atoms with Crippen molar-refractivity contribution >= 4 is 0 Å². The van der Waals surface area contributed by atoms with Crippen LogP contribution in [0.25, 0.3) is 0 Å². The van der Waals surface area contributed by atoms with Crippen LogP contribution in [0.2, 0.25) is 0 Å². The smallest absolute Gasteiger partial charge is 0.460 e. The average molecular weight is 484 g/mol. The molecule has 0 aliphatic rings. The van der Waals surface area contributed by atoms with Crippen molar-refractivity contribution in [2.24, 2.45) is 0 Å². The topological polar surface area (TPSA) is 18.5 Å². The highest BCUT2D eigenvalue weighted by molar-refractivity contribution is 5.13. The van der Waals surface area contributed by atoms with Crippen LogP contribution in [0.15, 0.2) is 25.7 Å². The minimum Gasteiger partial charge on any atom is -0.505 e. The minimum atomic E-state index is -8.28. The first-order valence-corrected chi connectivity index (χ1v) is 6.67. The second-order valence-corrected chi connectivity index (χ2v) is 4.95. The fraction of sp³-hybridized carbons (Fsp3) is 0.692. The first kappa shape index (κ1) is 30.2. The van der Waals surface area contributed by atoms with Crippen molar-refractivity contribution < 1.29 is 75.3 Å². The Labute approximate surface area is 157 Å². The van der Waals surface area contributed by atoms with Gasteiger partial charge in [-0.15, -0.1) is 0 Å². The Balaban J connectivity index is 0. The van der Waals surface area contributed by atoms with Crippen molar-refractivity contribution in [1.82, 2.24) is 0 Å². The van der Waals surface area contributed by atoms with E-state index in [1.807, 2.05) is 0 Å². The van der Waals surface area contributed by atoms with Gasteiger partial charge in [-0.05, 0) is 0 Å². The summed E-state index contributed by atoms with van der Waals surface area (Å²) in [6, 6.07) is 0. The highest BCUT2D eigenvalue weighted by Crippen LogP contribution is 2.62. The third-order valence-electron chi connectivity index (χ3n) is 2.94. The standard InChI is InChI=1S/C10H5F15O.C3H6O/c1-2-26-3-4(11,12)5(13,14)6(15,16)7(17,18)8(19,20)9(21,22)10(23,24)25;1-3-4-2/h2H,1,3H2;3H,1H2,2H3. The van der Waals surface area contributed by atoms with E-state index in [0.29, 0.717) is 0 Å². The van der Waals surface area contributed by atoms with Gasteiger partial charge < -0.3 is 9.47 Å². The van der Waals surface area contributed by atoms with Gasteiger partial charge in [0.05, 0.1) is 19.6 Å². The van der Waals surface area contributed by atoms with Crippen LogP contribution in [-0.4, -0.2) is 55.4 Å². The van der Waals surface area contributed by atoms with E-state index < -0.39 is 48.3 Å². The number of ether oxygens (including phenoxy) is 2. The third-order valence-corrected chi connectivity index (χ3v) is 2.94. The highest BCUT2D eigenvalue weighted by atomic mass is 19.4. The highest BCUT2D eigenvalue weighted by Gasteiger charge is 2.93. The molecule has 0 unspecified atom stereocenters. The normalized spacial score (nSPS) is 14.4. The largest absolute Gasteiger partial charge is 0.505 e. The van der Waals surface area contributed by atoms with Gasteiger partial charge in [0.15, 0.2) is 6.61 Å². The number of alkyl halides is 15. The monoisotopic (exact) mass is 484 g/mol. The third kappa shape index (κ3) is 4.84. The van der Waals surface area contributed by atoms with Crippen molar-refractivity contribution in [2.45, 2.75) is 41.7 Å². The van der Waals surface area contributed by atoms with Crippen molar-refractivity contribution in [3.63, 3.8) is 0 Å². The molecule has 0 amide bonds. The quantitative estimate of drug-likeness (QED) is 0.283. The lowest BCUT2D eigenvalue weighted by molar-refractivity contribution is -0.453. The molecule has 0 aliphatic heterocycles. The molecule has 0 aromatic carbocycles. The summed E-state index contributed by atoms with van der Waals surface area (Å²) in [6.45, 7) is 2.87. The van der Waals surface area contributed by atoms with Gasteiger partial charge in [0, 0.05) is 0 Å². The zero-order valence-corrected chi connectivity index (χ0v) is 14.3. The summed E-state index contributed by atoms with van der Waals surface area (Å²) in [5.41, 5.74) is 0. The molecule has 0 aromatic rings. The zero-order chi connectivity index (χ0) is 25.0. The molecule has 0 heterocycles. The maximum Gasteiger partial charge on any atom is 0.460 e. The molecule has 2 nitrogen and oxygen atoms in total. The molecule has 0 N–H and O–H groups in total. The SMILES string of the molecule is C=COC.C=COCC(F)(F)C(F)(F)C(F)(F)C(F)(F)C(F)(F)C(F)(F)C(F)(F)F. The van der Waals surface area contributed by atoms with Gasteiger partial charge in [-0.3, -0.25) is 0 Å². The van der Waals surface area contributed by atoms with Crippen molar-refractivity contribution in [3.05, 3.63) is 25.7 Å². The molecule has 0 bridgehead atoms. The molecular formula is C13H11F15O2. The number of hydrogen-bond donors (Lipinski definition) is 0. The van der Waals surface area contributed by atoms with Gasteiger partial charge in [-0.2, -0.15) is 65.9 Å². The number of rotatable bonds is 9. The average Bonchev–Trinajstić information content (AvgIpc) is 2.58. The van der Waals surface area contributed by atoms with Crippen LogP contribution >= 0.6 is 0 Å². The summed E-state index contributed by atoms with van der Waals surface area (Å²) in [7, 11) is 1.56. The summed E-state index contributed by atoms with van der Waals surface area (Å²) < 4.78 is 198. The molecule has 30 heavy (non-hydrogen) atoms. The Morgan fingerprint density at radius 3 is 1.13 bits per heavy atom. The van der Waals surface area contributed by atoms with Gasteiger partial charge in [-0.1, -0.05) is 13.2 Å². The van der Waals surface area contributed by atoms with Crippen LogP contribution in [-0.2, 0) is 9.47 Å². The molecule has 180 valence electrons. The number of methoxy groups -OCH3 is 1. The summed E-state index contributed by atoms with van der Waals surface area (Å²) in [5.74, 6) is -46.5. The zero-order valence-electron chi connectivity index (χ0n) is 14.3. The molecule has 0 radical (unpaired) electrons. The predicted octanol–water partition coefficient (Wildman–Crippen LogP) is 6.30. The molecule has 0 atom stereocenters. The van der Waals surface area contributed by atoms with Gasteiger partial charge in [0.1, 0.15) is 0 Å². The minimum absolute atomic E-state index is 0.0906. The molecule has 17 heteroatoms. The van der Waals surface area contributed by atoms with Crippen LogP contribution in [0.5, 0.6) is 0 Å². The van der Waals surface area contributed by atoms with E-state index >= 15 is 0 Å². The van der Waals surface area contributed by atoms with Gasteiger partial charge >= 0.3 is 41.7 Å². The van der Waals surface area contributed by atoms with Crippen LogP contribution in [0.1, 0.15) is 0 Å². The van der Waals surface area contributed by atoms with Crippen LogP contribution in [0.4, 0.5) is 65.9 Å². The maximum absolute atomic E-state index is 13.1. The van der Waals surface area contributed by atoms with E-state index in [0.717, 1.165) is 0 Å². The number of hydrogen-bond acceptors (Lipinski definition) is 2. The van der Waals surface area contributed by atoms with Gasteiger partial charge in [0.2, 0.25) is 0 Å². The molecule has 0 aromatic heterocycles. The van der Waals surface area contributed by atoms with Crippen molar-refractivity contribution in [2.75, 3.05) is 13.7 Å². The van der Waals surface area contributed by atoms with Gasteiger partial charge in [-0.25, -0.2) is 0 Å². The Morgan fingerprint density at radius 2 is 0.867 bits per heavy atom. The Morgan fingerprint density at radius 1 is 0.567 bits per heavy atom. The Hall–Kier alpha value is -1.97. The Kier molecular flexibility index (Phi) is 9.10.